The minimum Gasteiger partial charge on any atom is -0.497 e. The third kappa shape index (κ3) is 4.60. The molecule has 0 fully saturated rings. The third-order valence-corrected chi connectivity index (χ3v) is 4.28. The zero-order valence-corrected chi connectivity index (χ0v) is 15.4. The first-order valence-electron chi connectivity index (χ1n) is 7.32. The second-order valence-electron chi connectivity index (χ2n) is 5.58. The number of methoxy groups -OCH3 is 1. The van der Waals surface area contributed by atoms with Gasteiger partial charge in [0.05, 0.1) is 17.8 Å². The van der Waals surface area contributed by atoms with Gasteiger partial charge >= 0.3 is 0 Å². The number of ether oxygens (including phenoxy) is 1. The molecular formula is C18H21ClN2OS. The van der Waals surface area contributed by atoms with Crippen molar-refractivity contribution in [2.75, 3.05) is 19.5 Å². The van der Waals surface area contributed by atoms with E-state index in [2.05, 4.69) is 11.4 Å². The summed E-state index contributed by atoms with van der Waals surface area (Å²) in [6.45, 7) is 4.73. The molecule has 23 heavy (non-hydrogen) atoms. The molecule has 0 aromatic heterocycles. The average Bonchev–Trinajstić information content (AvgIpc) is 2.50. The first-order chi connectivity index (χ1) is 10.9. The van der Waals surface area contributed by atoms with E-state index in [4.69, 9.17) is 28.6 Å². The molecule has 5 heteroatoms. The number of aryl methyl sites for hydroxylation is 2. The largest absolute Gasteiger partial charge is 0.497 e. The van der Waals surface area contributed by atoms with Gasteiger partial charge in [-0.05, 0) is 61.0 Å². The topological polar surface area (TPSA) is 24.5 Å². The molecule has 1 N–H and O–H groups in total. The van der Waals surface area contributed by atoms with E-state index < -0.39 is 0 Å². The lowest BCUT2D eigenvalue weighted by atomic mass is 10.1. The van der Waals surface area contributed by atoms with Crippen LogP contribution in [0.1, 0.15) is 16.7 Å². The van der Waals surface area contributed by atoms with E-state index in [1.165, 1.54) is 0 Å². The number of anilines is 1. The molecule has 0 spiro atoms. The molecule has 0 aliphatic heterocycles. The van der Waals surface area contributed by atoms with Crippen LogP contribution in [0.15, 0.2) is 36.4 Å². The van der Waals surface area contributed by atoms with Gasteiger partial charge in [-0.25, -0.2) is 0 Å². The highest BCUT2D eigenvalue weighted by Gasteiger charge is 2.11. The second kappa shape index (κ2) is 7.66. The first kappa shape index (κ1) is 17.6. The highest BCUT2D eigenvalue weighted by atomic mass is 35.5. The van der Waals surface area contributed by atoms with Gasteiger partial charge in [0.15, 0.2) is 5.11 Å². The highest BCUT2D eigenvalue weighted by molar-refractivity contribution is 7.80. The fourth-order valence-electron chi connectivity index (χ4n) is 2.39. The molecule has 0 aliphatic rings. The van der Waals surface area contributed by atoms with Crippen LogP contribution in [-0.2, 0) is 6.54 Å². The number of hydrogen-bond donors (Lipinski definition) is 1. The van der Waals surface area contributed by atoms with Crippen LogP contribution in [0.4, 0.5) is 5.69 Å². The summed E-state index contributed by atoms with van der Waals surface area (Å²) in [4.78, 5) is 1.97. The van der Waals surface area contributed by atoms with Gasteiger partial charge in [-0.3, -0.25) is 0 Å². The summed E-state index contributed by atoms with van der Waals surface area (Å²) in [7, 11) is 3.61. The Morgan fingerprint density at radius 3 is 2.65 bits per heavy atom. The molecule has 2 rings (SSSR count). The van der Waals surface area contributed by atoms with Crippen LogP contribution in [0.2, 0.25) is 5.02 Å². The van der Waals surface area contributed by atoms with Gasteiger partial charge in [-0.1, -0.05) is 29.8 Å². The zero-order chi connectivity index (χ0) is 17.0. The molecular weight excluding hydrogens is 328 g/mol. The van der Waals surface area contributed by atoms with E-state index in [1.54, 1.807) is 7.11 Å². The van der Waals surface area contributed by atoms with Crippen molar-refractivity contribution in [3.63, 3.8) is 0 Å². The Hall–Kier alpha value is -1.78. The quantitative estimate of drug-likeness (QED) is 0.802. The molecule has 0 unspecified atom stereocenters. The van der Waals surface area contributed by atoms with E-state index >= 15 is 0 Å². The van der Waals surface area contributed by atoms with Crippen LogP contribution in [-0.4, -0.2) is 24.2 Å². The highest BCUT2D eigenvalue weighted by Crippen LogP contribution is 2.27. The van der Waals surface area contributed by atoms with E-state index in [-0.39, 0.29) is 0 Å². The van der Waals surface area contributed by atoms with Gasteiger partial charge in [-0.2, -0.15) is 0 Å². The van der Waals surface area contributed by atoms with Gasteiger partial charge in [0.2, 0.25) is 0 Å². The Kier molecular flexibility index (Phi) is 5.85. The molecule has 0 radical (unpaired) electrons. The lowest BCUT2D eigenvalue weighted by Gasteiger charge is -2.23. The summed E-state index contributed by atoms with van der Waals surface area (Å²) in [6.07, 6.45) is 0. The minimum atomic E-state index is 0.627. The number of rotatable bonds is 4. The first-order valence-corrected chi connectivity index (χ1v) is 8.11. The average molecular weight is 349 g/mol. The molecule has 0 heterocycles. The number of thiocarbonyl (C=S) groups is 1. The van der Waals surface area contributed by atoms with Crippen LogP contribution < -0.4 is 10.1 Å². The van der Waals surface area contributed by atoms with E-state index in [1.807, 2.05) is 56.1 Å². The predicted octanol–water partition coefficient (Wildman–Crippen LogP) is 4.79. The van der Waals surface area contributed by atoms with Crippen molar-refractivity contribution in [1.82, 2.24) is 4.90 Å². The molecule has 2 aromatic carbocycles. The Balaban J connectivity index is 2.08. The van der Waals surface area contributed by atoms with Crippen molar-refractivity contribution in [3.05, 3.63) is 58.1 Å². The van der Waals surface area contributed by atoms with Crippen molar-refractivity contribution in [2.45, 2.75) is 20.4 Å². The van der Waals surface area contributed by atoms with Crippen molar-refractivity contribution < 1.29 is 4.74 Å². The molecule has 3 nitrogen and oxygen atoms in total. The molecule has 0 bridgehead atoms. The van der Waals surface area contributed by atoms with Crippen LogP contribution in [0.25, 0.3) is 0 Å². The van der Waals surface area contributed by atoms with Crippen LogP contribution in [0.3, 0.4) is 0 Å². The maximum absolute atomic E-state index is 6.33. The normalized spacial score (nSPS) is 10.3. The van der Waals surface area contributed by atoms with Crippen molar-refractivity contribution in [2.24, 2.45) is 0 Å². The Morgan fingerprint density at radius 2 is 2.00 bits per heavy atom. The van der Waals surface area contributed by atoms with Gasteiger partial charge < -0.3 is 15.0 Å². The van der Waals surface area contributed by atoms with Crippen molar-refractivity contribution in [1.29, 1.82) is 0 Å². The van der Waals surface area contributed by atoms with Crippen LogP contribution in [0.5, 0.6) is 5.75 Å². The summed E-state index contributed by atoms with van der Waals surface area (Å²) in [5.41, 5.74) is 4.20. The number of nitrogens with zero attached hydrogens (tertiary/aromatic N) is 1. The molecule has 0 saturated carbocycles. The summed E-state index contributed by atoms with van der Waals surface area (Å²) in [5, 5.41) is 4.56. The van der Waals surface area contributed by atoms with Gasteiger partial charge in [0, 0.05) is 13.6 Å². The van der Waals surface area contributed by atoms with Gasteiger partial charge in [0.25, 0.3) is 0 Å². The van der Waals surface area contributed by atoms with Crippen molar-refractivity contribution in [3.8, 4) is 5.75 Å². The van der Waals surface area contributed by atoms with Gasteiger partial charge in [0.1, 0.15) is 5.75 Å². The number of hydrogen-bond acceptors (Lipinski definition) is 2. The molecule has 122 valence electrons. The second-order valence-corrected chi connectivity index (χ2v) is 6.37. The van der Waals surface area contributed by atoms with E-state index in [9.17, 15) is 0 Å². The summed E-state index contributed by atoms with van der Waals surface area (Å²) < 4.78 is 5.25. The van der Waals surface area contributed by atoms with E-state index in [0.717, 1.165) is 28.1 Å². The van der Waals surface area contributed by atoms with Crippen LogP contribution in [0, 0.1) is 13.8 Å². The Morgan fingerprint density at radius 1 is 1.26 bits per heavy atom. The summed E-state index contributed by atoms with van der Waals surface area (Å²) >= 11 is 11.8. The van der Waals surface area contributed by atoms with E-state index in [0.29, 0.717) is 16.7 Å². The fraction of sp³-hybridized carbons (Fsp3) is 0.278. The number of halogens is 1. The zero-order valence-electron chi connectivity index (χ0n) is 13.8. The molecule has 0 saturated heterocycles. The number of benzene rings is 2. The third-order valence-electron chi connectivity index (χ3n) is 3.56. The minimum absolute atomic E-state index is 0.627. The van der Waals surface area contributed by atoms with Crippen molar-refractivity contribution >= 4 is 34.6 Å². The number of nitrogens with one attached hydrogen (secondary N) is 1. The maximum Gasteiger partial charge on any atom is 0.173 e. The Labute approximate surface area is 148 Å². The monoisotopic (exact) mass is 348 g/mol. The SMILES string of the molecule is COc1cccc(CN(C)C(=S)Nc2c(C)cc(C)cc2Cl)c1. The fourth-order valence-corrected chi connectivity index (χ4v) is 2.93. The lowest BCUT2D eigenvalue weighted by Crippen LogP contribution is -2.31. The summed E-state index contributed by atoms with van der Waals surface area (Å²) in [5.74, 6) is 0.840. The standard InChI is InChI=1S/C18H21ClN2OS/c1-12-8-13(2)17(16(19)9-12)20-18(23)21(3)11-14-6-5-7-15(10-14)22-4/h5-10H,11H2,1-4H3,(H,20,23). The summed E-state index contributed by atoms with van der Waals surface area (Å²) in [6, 6.07) is 12.0. The Bertz CT molecular complexity index is 695. The molecule has 0 amide bonds. The predicted molar refractivity (Wildman–Crippen MR) is 102 cm³/mol. The maximum atomic E-state index is 6.33. The van der Waals surface area contributed by atoms with Gasteiger partial charge in [-0.15, -0.1) is 0 Å². The smallest absolute Gasteiger partial charge is 0.173 e. The van der Waals surface area contributed by atoms with Crippen LogP contribution >= 0.6 is 23.8 Å². The lowest BCUT2D eigenvalue weighted by molar-refractivity contribution is 0.413. The molecule has 0 atom stereocenters. The molecule has 0 aliphatic carbocycles. The molecule has 2 aromatic rings.